The summed E-state index contributed by atoms with van der Waals surface area (Å²) in [5.74, 6) is 2.93. The number of ether oxygens (including phenoxy) is 3. The number of nitrogens with two attached hydrogens (primary N) is 1. The third-order valence-corrected chi connectivity index (χ3v) is 6.11. The Hall–Kier alpha value is -2.28. The SMILES string of the molecule is COc1cc(-c2noc(C34CCC(N)(CC3)CC4)n2)cc(OC)c1OC. The number of fused-ring (bicyclic) bond motifs is 3. The molecule has 0 unspecified atom stereocenters. The molecule has 1 aromatic heterocycles. The molecule has 7 nitrogen and oxygen atoms in total. The van der Waals surface area contributed by atoms with E-state index in [0.29, 0.717) is 23.1 Å². The van der Waals surface area contributed by atoms with E-state index in [-0.39, 0.29) is 11.0 Å². The lowest BCUT2D eigenvalue weighted by Gasteiger charge is -2.49. The first-order valence-electron chi connectivity index (χ1n) is 8.96. The van der Waals surface area contributed by atoms with Crippen LogP contribution in [0.2, 0.25) is 0 Å². The maximum Gasteiger partial charge on any atom is 0.233 e. The van der Waals surface area contributed by atoms with Crippen LogP contribution < -0.4 is 19.9 Å². The monoisotopic (exact) mass is 359 g/mol. The maximum atomic E-state index is 6.41. The van der Waals surface area contributed by atoms with Gasteiger partial charge in [-0.1, -0.05) is 5.16 Å². The predicted molar refractivity (Wildman–Crippen MR) is 95.7 cm³/mol. The first-order valence-corrected chi connectivity index (χ1v) is 8.96. The fourth-order valence-electron chi connectivity index (χ4n) is 4.30. The smallest absolute Gasteiger partial charge is 0.233 e. The largest absolute Gasteiger partial charge is 0.493 e. The standard InChI is InChI=1S/C19H25N3O4/c1-23-13-10-12(11-14(24-2)15(13)25-3)16-21-17(26-22-16)18-4-7-19(20,8-5-18)9-6-18/h10-11H,4-9,20H2,1-3H3. The molecule has 0 spiro atoms. The molecule has 1 heterocycles. The van der Waals surface area contributed by atoms with E-state index in [1.165, 1.54) is 0 Å². The highest BCUT2D eigenvalue weighted by Gasteiger charge is 2.50. The van der Waals surface area contributed by atoms with Crippen molar-refractivity contribution in [2.45, 2.75) is 49.5 Å². The Morgan fingerprint density at radius 3 is 2.00 bits per heavy atom. The molecular formula is C19H25N3O4. The Labute approximate surface area is 152 Å². The average molecular weight is 359 g/mol. The van der Waals surface area contributed by atoms with E-state index in [1.807, 2.05) is 12.1 Å². The molecule has 7 heteroatoms. The summed E-state index contributed by atoms with van der Waals surface area (Å²) < 4.78 is 21.9. The van der Waals surface area contributed by atoms with E-state index in [4.69, 9.17) is 29.5 Å². The number of hydrogen-bond donors (Lipinski definition) is 1. The van der Waals surface area contributed by atoms with Crippen LogP contribution in [0.1, 0.15) is 44.4 Å². The van der Waals surface area contributed by atoms with Crippen LogP contribution in [0, 0.1) is 0 Å². The second-order valence-corrected chi connectivity index (χ2v) is 7.48. The lowest BCUT2D eigenvalue weighted by atomic mass is 9.57. The summed E-state index contributed by atoms with van der Waals surface area (Å²) in [4.78, 5) is 4.73. The van der Waals surface area contributed by atoms with Gasteiger partial charge in [0.2, 0.25) is 17.5 Å². The molecule has 2 N–H and O–H groups in total. The molecule has 5 rings (SSSR count). The number of methoxy groups -OCH3 is 3. The molecule has 3 fully saturated rings. The summed E-state index contributed by atoms with van der Waals surface area (Å²) >= 11 is 0. The Bertz CT molecular complexity index is 767. The molecule has 3 saturated carbocycles. The Morgan fingerprint density at radius 2 is 1.50 bits per heavy atom. The molecule has 3 aliphatic carbocycles. The second-order valence-electron chi connectivity index (χ2n) is 7.48. The van der Waals surface area contributed by atoms with Crippen molar-refractivity contribution in [3.05, 3.63) is 18.0 Å². The number of nitrogens with zero attached hydrogens (tertiary/aromatic N) is 2. The molecule has 2 bridgehead atoms. The summed E-state index contributed by atoms with van der Waals surface area (Å²) in [6, 6.07) is 3.67. The Balaban J connectivity index is 1.69. The summed E-state index contributed by atoms with van der Waals surface area (Å²) in [6.07, 6.45) is 6.11. The molecule has 0 saturated heterocycles. The van der Waals surface area contributed by atoms with Crippen molar-refractivity contribution < 1.29 is 18.7 Å². The lowest BCUT2D eigenvalue weighted by Crippen LogP contribution is -2.53. The summed E-state index contributed by atoms with van der Waals surface area (Å²) in [7, 11) is 4.75. The second kappa shape index (κ2) is 6.16. The van der Waals surface area contributed by atoms with Crippen molar-refractivity contribution in [3.63, 3.8) is 0 Å². The number of rotatable bonds is 5. The Morgan fingerprint density at radius 1 is 0.923 bits per heavy atom. The van der Waals surface area contributed by atoms with Gasteiger partial charge in [0, 0.05) is 16.5 Å². The average Bonchev–Trinajstić information content (AvgIpc) is 3.18. The molecule has 2 aromatic rings. The third kappa shape index (κ3) is 2.61. The van der Waals surface area contributed by atoms with E-state index >= 15 is 0 Å². The highest BCUT2D eigenvalue weighted by molar-refractivity contribution is 5.66. The van der Waals surface area contributed by atoms with Gasteiger partial charge in [0.15, 0.2) is 11.5 Å². The van der Waals surface area contributed by atoms with Gasteiger partial charge in [0.05, 0.1) is 21.3 Å². The van der Waals surface area contributed by atoms with Gasteiger partial charge < -0.3 is 24.5 Å². The van der Waals surface area contributed by atoms with Crippen LogP contribution in [0.4, 0.5) is 0 Å². The minimum absolute atomic E-state index is 0.0152. The van der Waals surface area contributed by atoms with Crippen LogP contribution >= 0.6 is 0 Å². The maximum absolute atomic E-state index is 6.41. The van der Waals surface area contributed by atoms with E-state index in [2.05, 4.69) is 5.16 Å². The molecule has 0 amide bonds. The molecular weight excluding hydrogens is 334 g/mol. The van der Waals surface area contributed by atoms with Crippen LogP contribution in [0.5, 0.6) is 17.2 Å². The molecule has 26 heavy (non-hydrogen) atoms. The summed E-state index contributed by atoms with van der Waals surface area (Å²) in [5, 5.41) is 4.23. The molecule has 0 radical (unpaired) electrons. The fourth-order valence-corrected chi connectivity index (χ4v) is 4.30. The van der Waals surface area contributed by atoms with Gasteiger partial charge in [-0.25, -0.2) is 0 Å². The van der Waals surface area contributed by atoms with E-state index in [9.17, 15) is 0 Å². The van der Waals surface area contributed by atoms with Gasteiger partial charge in [-0.15, -0.1) is 0 Å². The van der Waals surface area contributed by atoms with Crippen LogP contribution in [0.3, 0.4) is 0 Å². The van der Waals surface area contributed by atoms with Crippen molar-refractivity contribution in [2.24, 2.45) is 5.73 Å². The first-order chi connectivity index (χ1) is 12.5. The lowest BCUT2D eigenvalue weighted by molar-refractivity contribution is 0.0805. The van der Waals surface area contributed by atoms with E-state index < -0.39 is 0 Å². The van der Waals surface area contributed by atoms with Crippen molar-refractivity contribution in [1.29, 1.82) is 0 Å². The zero-order valence-electron chi connectivity index (χ0n) is 15.5. The Kier molecular flexibility index (Phi) is 4.06. The predicted octanol–water partition coefficient (Wildman–Crippen LogP) is 3.07. The highest BCUT2D eigenvalue weighted by atomic mass is 16.5. The first kappa shape index (κ1) is 17.1. The van der Waals surface area contributed by atoms with Gasteiger partial charge >= 0.3 is 0 Å². The van der Waals surface area contributed by atoms with Crippen molar-refractivity contribution in [1.82, 2.24) is 10.1 Å². The minimum Gasteiger partial charge on any atom is -0.493 e. The number of aromatic nitrogens is 2. The van der Waals surface area contributed by atoms with Crippen molar-refractivity contribution in [3.8, 4) is 28.6 Å². The molecule has 0 aliphatic heterocycles. The summed E-state index contributed by atoms with van der Waals surface area (Å²) in [5.41, 5.74) is 7.18. The molecule has 3 aliphatic rings. The third-order valence-electron chi connectivity index (χ3n) is 6.11. The molecule has 0 atom stereocenters. The fraction of sp³-hybridized carbons (Fsp3) is 0.579. The topological polar surface area (TPSA) is 92.6 Å². The van der Waals surface area contributed by atoms with Crippen LogP contribution in [-0.2, 0) is 5.41 Å². The highest BCUT2D eigenvalue weighted by Crippen LogP contribution is 2.52. The van der Waals surface area contributed by atoms with E-state index in [0.717, 1.165) is 50.0 Å². The van der Waals surface area contributed by atoms with E-state index in [1.54, 1.807) is 21.3 Å². The van der Waals surface area contributed by atoms with Gasteiger partial charge in [-0.05, 0) is 50.7 Å². The number of hydrogen-bond acceptors (Lipinski definition) is 7. The summed E-state index contributed by atoms with van der Waals surface area (Å²) in [6.45, 7) is 0. The number of benzene rings is 1. The zero-order valence-corrected chi connectivity index (χ0v) is 15.5. The van der Waals surface area contributed by atoms with Gasteiger partial charge in [-0.2, -0.15) is 4.98 Å². The quantitative estimate of drug-likeness (QED) is 0.877. The van der Waals surface area contributed by atoms with Gasteiger partial charge in [-0.3, -0.25) is 0 Å². The normalized spacial score (nSPS) is 27.4. The van der Waals surface area contributed by atoms with Gasteiger partial charge in [0.1, 0.15) is 0 Å². The van der Waals surface area contributed by atoms with Crippen LogP contribution in [0.25, 0.3) is 11.4 Å². The van der Waals surface area contributed by atoms with Crippen molar-refractivity contribution in [2.75, 3.05) is 21.3 Å². The molecule has 140 valence electrons. The van der Waals surface area contributed by atoms with Crippen molar-refractivity contribution >= 4 is 0 Å². The van der Waals surface area contributed by atoms with Crippen LogP contribution in [-0.4, -0.2) is 37.0 Å². The zero-order chi connectivity index (χ0) is 18.4. The molecule has 1 aromatic carbocycles. The minimum atomic E-state index is -0.0208. The van der Waals surface area contributed by atoms with Crippen LogP contribution in [0.15, 0.2) is 16.7 Å². The van der Waals surface area contributed by atoms with Gasteiger partial charge in [0.25, 0.3) is 0 Å².